The van der Waals surface area contributed by atoms with Crippen LogP contribution in [0.2, 0.25) is 0 Å². The standard InChI is InChI=1S/C42H30N2Si/c1-4-14-31(15-5-1)45(32-16-6-2-7-17-32,33-18-8-3-9-19-33)34-25-27-40-38(29-34)37-28-30(24-26-39(37)43-40)44-41-22-12-10-20-35(41)36-21-11-13-23-42(36)44/h1-29,43H. The molecule has 0 unspecified atom stereocenters. The fourth-order valence-corrected chi connectivity index (χ4v) is 12.3. The summed E-state index contributed by atoms with van der Waals surface area (Å²) in [5.74, 6) is 0. The van der Waals surface area contributed by atoms with Gasteiger partial charge in [0.05, 0.1) is 11.0 Å². The number of hydrogen-bond acceptors (Lipinski definition) is 0. The first-order valence-corrected chi connectivity index (χ1v) is 17.5. The normalized spacial score (nSPS) is 12.0. The summed E-state index contributed by atoms with van der Waals surface area (Å²) in [6.45, 7) is 0. The van der Waals surface area contributed by atoms with Gasteiger partial charge in [0.15, 0.2) is 8.07 Å². The van der Waals surface area contributed by atoms with E-state index < -0.39 is 8.07 Å². The van der Waals surface area contributed by atoms with Gasteiger partial charge in [0, 0.05) is 38.3 Å². The maximum absolute atomic E-state index is 3.73. The molecule has 0 spiro atoms. The molecule has 0 fully saturated rings. The number of hydrogen-bond donors (Lipinski definition) is 1. The minimum absolute atomic E-state index is 1.15. The maximum atomic E-state index is 3.73. The molecule has 0 bridgehead atoms. The molecule has 212 valence electrons. The summed E-state index contributed by atoms with van der Waals surface area (Å²) < 4.78 is 2.41. The average Bonchev–Trinajstić information content (AvgIpc) is 3.65. The van der Waals surface area contributed by atoms with E-state index in [-0.39, 0.29) is 0 Å². The Labute approximate surface area is 262 Å². The number of rotatable bonds is 5. The van der Waals surface area contributed by atoms with Crippen LogP contribution >= 0.6 is 0 Å². The van der Waals surface area contributed by atoms with Crippen molar-refractivity contribution >= 4 is 72.4 Å². The largest absolute Gasteiger partial charge is 0.355 e. The van der Waals surface area contributed by atoms with Gasteiger partial charge >= 0.3 is 0 Å². The van der Waals surface area contributed by atoms with Gasteiger partial charge in [-0.2, -0.15) is 0 Å². The molecule has 0 aliphatic carbocycles. The number of H-pyrrole nitrogens is 1. The highest BCUT2D eigenvalue weighted by molar-refractivity contribution is 7.20. The smallest absolute Gasteiger partial charge is 0.179 e. The molecule has 0 radical (unpaired) electrons. The molecule has 2 nitrogen and oxygen atoms in total. The van der Waals surface area contributed by atoms with E-state index in [1.807, 2.05) is 0 Å². The third-order valence-corrected chi connectivity index (χ3v) is 14.2. The monoisotopic (exact) mass is 590 g/mol. The van der Waals surface area contributed by atoms with E-state index in [1.54, 1.807) is 0 Å². The third-order valence-electron chi connectivity index (χ3n) is 9.47. The molecule has 2 aromatic heterocycles. The molecular weight excluding hydrogens is 561 g/mol. The Hall–Kier alpha value is -5.64. The van der Waals surface area contributed by atoms with E-state index in [1.165, 1.54) is 59.0 Å². The zero-order valence-corrected chi connectivity index (χ0v) is 25.7. The average molecular weight is 591 g/mol. The minimum atomic E-state index is -2.64. The zero-order valence-electron chi connectivity index (χ0n) is 24.7. The van der Waals surface area contributed by atoms with Crippen LogP contribution in [0, 0.1) is 0 Å². The lowest BCUT2D eigenvalue weighted by atomic mass is 10.1. The van der Waals surface area contributed by atoms with Gasteiger partial charge < -0.3 is 9.55 Å². The van der Waals surface area contributed by atoms with Gasteiger partial charge in [0.2, 0.25) is 0 Å². The Morgan fingerprint density at radius 3 is 1.33 bits per heavy atom. The van der Waals surface area contributed by atoms with Crippen LogP contribution in [0.25, 0.3) is 49.3 Å². The molecule has 2 heterocycles. The van der Waals surface area contributed by atoms with Gasteiger partial charge in [0.1, 0.15) is 0 Å². The van der Waals surface area contributed by atoms with Gasteiger partial charge in [-0.15, -0.1) is 0 Å². The first-order chi connectivity index (χ1) is 22.3. The van der Waals surface area contributed by atoms with Gasteiger partial charge in [-0.25, -0.2) is 0 Å². The molecule has 0 amide bonds. The van der Waals surface area contributed by atoms with Crippen molar-refractivity contribution in [2.45, 2.75) is 0 Å². The van der Waals surface area contributed by atoms with Gasteiger partial charge in [0.25, 0.3) is 0 Å². The molecule has 7 aromatic carbocycles. The molecule has 0 atom stereocenters. The summed E-state index contributed by atoms with van der Waals surface area (Å²) in [7, 11) is -2.64. The first-order valence-electron chi connectivity index (χ1n) is 15.5. The molecule has 3 heteroatoms. The Balaban J connectivity index is 1.34. The molecule has 0 saturated heterocycles. The number of benzene rings is 7. The number of fused-ring (bicyclic) bond motifs is 6. The van der Waals surface area contributed by atoms with E-state index in [4.69, 9.17) is 0 Å². The highest BCUT2D eigenvalue weighted by Crippen LogP contribution is 2.34. The number of aromatic nitrogens is 2. The zero-order chi connectivity index (χ0) is 29.8. The molecule has 0 saturated carbocycles. The Bertz CT molecular complexity index is 2320. The molecule has 45 heavy (non-hydrogen) atoms. The van der Waals surface area contributed by atoms with Gasteiger partial charge in [-0.1, -0.05) is 140 Å². The Morgan fingerprint density at radius 1 is 0.356 bits per heavy atom. The summed E-state index contributed by atoms with van der Waals surface area (Å²) in [5.41, 5.74) is 5.93. The number of nitrogens with one attached hydrogen (secondary N) is 1. The van der Waals surface area contributed by atoms with Gasteiger partial charge in [-0.3, -0.25) is 0 Å². The highest BCUT2D eigenvalue weighted by Gasteiger charge is 2.41. The number of aromatic amines is 1. The quantitative estimate of drug-likeness (QED) is 0.156. The van der Waals surface area contributed by atoms with Crippen molar-refractivity contribution in [3.8, 4) is 5.69 Å². The third kappa shape index (κ3) is 3.88. The van der Waals surface area contributed by atoms with E-state index in [2.05, 4.69) is 185 Å². The Morgan fingerprint density at radius 2 is 0.800 bits per heavy atom. The van der Waals surface area contributed by atoms with Crippen LogP contribution in [0.5, 0.6) is 0 Å². The van der Waals surface area contributed by atoms with Crippen molar-refractivity contribution in [1.29, 1.82) is 0 Å². The van der Waals surface area contributed by atoms with Crippen LogP contribution in [0.3, 0.4) is 0 Å². The van der Waals surface area contributed by atoms with Crippen molar-refractivity contribution in [2.75, 3.05) is 0 Å². The molecule has 0 aliphatic rings. The van der Waals surface area contributed by atoms with E-state index in [0.29, 0.717) is 0 Å². The van der Waals surface area contributed by atoms with Crippen LogP contribution < -0.4 is 20.7 Å². The summed E-state index contributed by atoms with van der Waals surface area (Å²) in [6.07, 6.45) is 0. The lowest BCUT2D eigenvalue weighted by Crippen LogP contribution is -2.74. The Kier molecular flexibility index (Phi) is 5.87. The number of para-hydroxylation sites is 2. The maximum Gasteiger partial charge on any atom is 0.179 e. The van der Waals surface area contributed by atoms with E-state index in [9.17, 15) is 0 Å². The van der Waals surface area contributed by atoms with Crippen molar-refractivity contribution < 1.29 is 0 Å². The SMILES string of the molecule is c1ccc([Si](c2ccccc2)(c2ccccc2)c2ccc3[nH]c4ccc(-n5c6ccccc6c6ccccc65)cc4c3c2)cc1. The van der Waals surface area contributed by atoms with Crippen LogP contribution in [0.4, 0.5) is 0 Å². The van der Waals surface area contributed by atoms with Crippen LogP contribution in [0.15, 0.2) is 176 Å². The van der Waals surface area contributed by atoms with E-state index in [0.717, 1.165) is 11.0 Å². The molecule has 9 rings (SSSR count). The second kappa shape index (κ2) is 10.2. The summed E-state index contributed by atoms with van der Waals surface area (Å²) in [5, 5.41) is 10.6. The second-order valence-corrected chi connectivity index (χ2v) is 15.6. The molecular formula is C42H30N2Si. The fourth-order valence-electron chi connectivity index (χ4n) is 7.52. The fraction of sp³-hybridized carbons (Fsp3) is 0. The predicted octanol–water partition coefficient (Wildman–Crippen LogP) is 7.80. The van der Waals surface area contributed by atoms with Crippen molar-refractivity contribution in [1.82, 2.24) is 9.55 Å². The highest BCUT2D eigenvalue weighted by atomic mass is 28.3. The van der Waals surface area contributed by atoms with Gasteiger partial charge in [-0.05, 0) is 57.1 Å². The van der Waals surface area contributed by atoms with Crippen molar-refractivity contribution in [3.05, 3.63) is 176 Å². The lowest BCUT2D eigenvalue weighted by Gasteiger charge is -2.34. The van der Waals surface area contributed by atoms with Crippen molar-refractivity contribution in [3.63, 3.8) is 0 Å². The topological polar surface area (TPSA) is 20.7 Å². The first kappa shape index (κ1) is 25.8. The van der Waals surface area contributed by atoms with Crippen LogP contribution in [-0.4, -0.2) is 17.6 Å². The predicted molar refractivity (Wildman–Crippen MR) is 194 cm³/mol. The summed E-state index contributed by atoms with van der Waals surface area (Å²) in [4.78, 5) is 3.73. The van der Waals surface area contributed by atoms with E-state index >= 15 is 0 Å². The van der Waals surface area contributed by atoms with Crippen LogP contribution in [-0.2, 0) is 0 Å². The summed E-state index contributed by atoms with van der Waals surface area (Å²) in [6, 6.07) is 64.9. The summed E-state index contributed by atoms with van der Waals surface area (Å²) >= 11 is 0. The minimum Gasteiger partial charge on any atom is -0.355 e. The van der Waals surface area contributed by atoms with Crippen molar-refractivity contribution in [2.24, 2.45) is 0 Å². The molecule has 1 N–H and O–H groups in total. The molecule has 0 aliphatic heterocycles. The molecule has 9 aromatic rings. The second-order valence-electron chi connectivity index (χ2n) is 11.8. The number of nitrogens with zero attached hydrogens (tertiary/aromatic N) is 1. The lowest BCUT2D eigenvalue weighted by molar-refractivity contribution is 1.19. The van der Waals surface area contributed by atoms with Crippen LogP contribution in [0.1, 0.15) is 0 Å².